The molecule has 0 aliphatic carbocycles. The van der Waals surface area contributed by atoms with Gasteiger partial charge in [0.15, 0.2) is 0 Å². The Kier molecular flexibility index (Phi) is 4.16. The maximum atomic E-state index is 5.05. The average molecular weight is 176 g/mol. The van der Waals surface area contributed by atoms with Gasteiger partial charge in [-0.25, -0.2) is 0 Å². The zero-order valence-electron chi connectivity index (χ0n) is 4.21. The quantitative estimate of drug-likeness (QED) is 0.492. The second kappa shape index (κ2) is 4.52. The Morgan fingerprint density at radius 2 is 2.38 bits per heavy atom. The van der Waals surface area contributed by atoms with Crippen LogP contribution in [0.1, 0.15) is 0 Å². The molecule has 0 heterocycles. The van der Waals surface area contributed by atoms with Gasteiger partial charge in [0.1, 0.15) is 0 Å². The van der Waals surface area contributed by atoms with Crippen LogP contribution in [-0.4, -0.2) is 12.9 Å². The van der Waals surface area contributed by atoms with Gasteiger partial charge in [0.05, 0.1) is 10.7 Å². The molecule has 0 aromatic heterocycles. The highest BCUT2D eigenvalue weighted by Crippen LogP contribution is 1.96. The van der Waals surface area contributed by atoms with E-state index in [0.717, 1.165) is 0 Å². The largest absolute Gasteiger partial charge is 0.404 e. The molecule has 8 heavy (non-hydrogen) atoms. The second-order valence-electron chi connectivity index (χ2n) is 0.938. The molecule has 2 N–H and O–H groups in total. The van der Waals surface area contributed by atoms with Gasteiger partial charge < -0.3 is 5.73 Å². The van der Waals surface area contributed by atoms with E-state index in [-0.39, 0.29) is 0 Å². The Morgan fingerprint density at radius 1 is 1.75 bits per heavy atom. The first-order valence-electron chi connectivity index (χ1n) is 1.87. The number of hydrogen-bond donors (Lipinski definition) is 1. The molecule has 0 atom stereocenters. The molecular weight excluding hydrogens is 170 g/mol. The van der Waals surface area contributed by atoms with Crippen LogP contribution in [0.25, 0.3) is 0 Å². The Bertz CT molecular complexity index is 127. The van der Waals surface area contributed by atoms with Gasteiger partial charge in [0.25, 0.3) is 0 Å². The predicted molar refractivity (Wildman–Crippen MR) is 39.2 cm³/mol. The number of nitrogens with two attached hydrogens (primary N) is 1. The van der Waals surface area contributed by atoms with E-state index in [9.17, 15) is 0 Å². The summed E-state index contributed by atoms with van der Waals surface area (Å²) in [6, 6.07) is 0. The maximum absolute atomic E-state index is 5.05. The van der Waals surface area contributed by atoms with Gasteiger partial charge in [0, 0.05) is 12.9 Å². The third kappa shape index (κ3) is 3.55. The van der Waals surface area contributed by atoms with Crippen LogP contribution in [0.4, 0.5) is 0 Å². The predicted octanol–water partition coefficient (Wildman–Crippen LogP) is 0.868. The SMILES string of the molecule is C=NN=CC(Br)=CN. The van der Waals surface area contributed by atoms with E-state index in [1.807, 2.05) is 0 Å². The number of allylic oxidation sites excluding steroid dienone is 1. The topological polar surface area (TPSA) is 50.7 Å². The zero-order chi connectivity index (χ0) is 6.41. The number of rotatable bonds is 2. The monoisotopic (exact) mass is 175 g/mol. The number of hydrogen-bond acceptors (Lipinski definition) is 3. The van der Waals surface area contributed by atoms with Crippen LogP contribution < -0.4 is 5.73 Å². The van der Waals surface area contributed by atoms with E-state index in [1.54, 1.807) is 0 Å². The van der Waals surface area contributed by atoms with Gasteiger partial charge in [0.2, 0.25) is 0 Å². The Labute approximate surface area is 56.1 Å². The average Bonchev–Trinajstić information content (AvgIpc) is 1.83. The van der Waals surface area contributed by atoms with Crippen LogP contribution >= 0.6 is 15.9 Å². The van der Waals surface area contributed by atoms with E-state index in [2.05, 4.69) is 32.9 Å². The lowest BCUT2D eigenvalue weighted by Crippen LogP contribution is -1.80. The number of halogens is 1. The highest BCUT2D eigenvalue weighted by Gasteiger charge is 1.76. The van der Waals surface area contributed by atoms with Crippen LogP contribution in [0.3, 0.4) is 0 Å². The molecule has 44 valence electrons. The van der Waals surface area contributed by atoms with E-state index in [1.165, 1.54) is 12.4 Å². The Morgan fingerprint density at radius 3 is 2.75 bits per heavy atom. The van der Waals surface area contributed by atoms with Gasteiger partial charge in [-0.2, -0.15) is 10.2 Å². The molecule has 3 nitrogen and oxygen atoms in total. The second-order valence-corrected chi connectivity index (χ2v) is 1.85. The molecule has 0 amide bonds. The number of nitrogens with zero attached hydrogens (tertiary/aromatic N) is 2. The Balaban J connectivity index is 3.69. The van der Waals surface area contributed by atoms with E-state index in [0.29, 0.717) is 4.48 Å². The van der Waals surface area contributed by atoms with Crippen molar-refractivity contribution in [3.63, 3.8) is 0 Å². The summed E-state index contributed by atoms with van der Waals surface area (Å²) in [6.07, 6.45) is 2.82. The summed E-state index contributed by atoms with van der Waals surface area (Å²) >= 11 is 3.08. The molecule has 0 spiro atoms. The summed E-state index contributed by atoms with van der Waals surface area (Å²) in [5, 5.41) is 6.65. The van der Waals surface area contributed by atoms with Crippen LogP contribution in [0.2, 0.25) is 0 Å². The van der Waals surface area contributed by atoms with Crippen molar-refractivity contribution in [2.24, 2.45) is 15.9 Å². The first-order valence-corrected chi connectivity index (χ1v) is 2.67. The summed E-state index contributed by atoms with van der Waals surface area (Å²) in [4.78, 5) is 0. The molecule has 0 fully saturated rings. The first kappa shape index (κ1) is 7.36. The molecular formula is C4H6BrN3. The minimum absolute atomic E-state index is 0.685. The Hall–Kier alpha value is -0.640. The minimum Gasteiger partial charge on any atom is -0.404 e. The normalized spacial score (nSPS) is 12.4. The summed E-state index contributed by atoms with van der Waals surface area (Å²) in [7, 11) is 0. The van der Waals surface area contributed by atoms with E-state index in [4.69, 9.17) is 5.73 Å². The van der Waals surface area contributed by atoms with Crippen LogP contribution in [-0.2, 0) is 0 Å². The third-order valence-electron chi connectivity index (χ3n) is 0.422. The molecule has 0 aliphatic rings. The van der Waals surface area contributed by atoms with Crippen molar-refractivity contribution in [3.8, 4) is 0 Å². The van der Waals surface area contributed by atoms with Crippen molar-refractivity contribution < 1.29 is 0 Å². The lowest BCUT2D eigenvalue weighted by Gasteiger charge is -1.78. The lowest BCUT2D eigenvalue weighted by molar-refractivity contribution is 1.28. The maximum Gasteiger partial charge on any atom is 0.0652 e. The van der Waals surface area contributed by atoms with E-state index >= 15 is 0 Å². The van der Waals surface area contributed by atoms with Crippen LogP contribution in [0, 0.1) is 0 Å². The minimum atomic E-state index is 0.685. The summed E-state index contributed by atoms with van der Waals surface area (Å²) < 4.78 is 0.685. The van der Waals surface area contributed by atoms with Gasteiger partial charge in [-0.05, 0) is 15.9 Å². The van der Waals surface area contributed by atoms with Crippen molar-refractivity contribution in [1.29, 1.82) is 0 Å². The van der Waals surface area contributed by atoms with Gasteiger partial charge >= 0.3 is 0 Å². The fourth-order valence-electron chi connectivity index (χ4n) is 0.139. The third-order valence-corrected chi connectivity index (χ3v) is 0.891. The van der Waals surface area contributed by atoms with Gasteiger partial charge in [-0.1, -0.05) is 0 Å². The summed E-state index contributed by atoms with van der Waals surface area (Å²) in [5.41, 5.74) is 5.05. The fourth-order valence-corrected chi connectivity index (χ4v) is 0.231. The van der Waals surface area contributed by atoms with E-state index < -0.39 is 0 Å². The highest BCUT2D eigenvalue weighted by molar-refractivity contribution is 9.12. The standard InChI is InChI=1S/C4H6BrN3/c1-7-8-3-4(5)2-6/h2-3H,1,6H2. The van der Waals surface area contributed by atoms with Crippen LogP contribution in [0.5, 0.6) is 0 Å². The van der Waals surface area contributed by atoms with Crippen molar-refractivity contribution >= 4 is 28.9 Å². The first-order chi connectivity index (χ1) is 3.81. The van der Waals surface area contributed by atoms with Crippen LogP contribution in [0.15, 0.2) is 20.9 Å². The van der Waals surface area contributed by atoms with Crippen molar-refractivity contribution in [2.75, 3.05) is 0 Å². The summed E-state index contributed by atoms with van der Waals surface area (Å²) in [5.74, 6) is 0. The zero-order valence-corrected chi connectivity index (χ0v) is 5.80. The van der Waals surface area contributed by atoms with Gasteiger partial charge in [-0.15, -0.1) is 0 Å². The molecule has 0 rings (SSSR count). The van der Waals surface area contributed by atoms with Crippen molar-refractivity contribution in [3.05, 3.63) is 10.7 Å². The molecule has 0 saturated heterocycles. The highest BCUT2D eigenvalue weighted by atomic mass is 79.9. The van der Waals surface area contributed by atoms with Crippen molar-refractivity contribution in [1.82, 2.24) is 0 Å². The molecule has 0 aliphatic heterocycles. The molecule has 4 heteroatoms. The lowest BCUT2D eigenvalue weighted by atomic mass is 10.7. The molecule has 0 radical (unpaired) electrons. The molecule has 0 unspecified atom stereocenters. The fraction of sp³-hybridized carbons (Fsp3) is 0. The summed E-state index contributed by atoms with van der Waals surface area (Å²) in [6.45, 7) is 3.13. The molecule has 0 saturated carbocycles. The van der Waals surface area contributed by atoms with Gasteiger partial charge in [-0.3, -0.25) is 0 Å². The van der Waals surface area contributed by atoms with Crippen molar-refractivity contribution in [2.45, 2.75) is 0 Å². The smallest absolute Gasteiger partial charge is 0.0652 e. The molecule has 0 bridgehead atoms. The molecule has 0 aromatic rings. The molecule has 0 aromatic carbocycles.